The molecule has 1 unspecified atom stereocenters. The number of hydrogen-bond acceptors (Lipinski definition) is 5. The summed E-state index contributed by atoms with van der Waals surface area (Å²) in [6.45, 7) is 3.13. The number of aromatic amines is 1. The van der Waals surface area contributed by atoms with Gasteiger partial charge in [-0.05, 0) is 53.9 Å². The highest BCUT2D eigenvalue weighted by Gasteiger charge is 2.21. The first-order valence-corrected chi connectivity index (χ1v) is 12.0. The Hall–Kier alpha value is -4.26. The summed E-state index contributed by atoms with van der Waals surface area (Å²) in [5, 5.41) is 3.83. The molecule has 1 atom stereocenters. The van der Waals surface area contributed by atoms with Gasteiger partial charge in [0.2, 0.25) is 0 Å². The topological polar surface area (TPSA) is 89.7 Å². The molecule has 0 aliphatic heterocycles. The molecule has 36 heavy (non-hydrogen) atoms. The Morgan fingerprint density at radius 1 is 0.917 bits per heavy atom. The second kappa shape index (κ2) is 11.9. The van der Waals surface area contributed by atoms with Crippen LogP contribution in [0.5, 0.6) is 11.5 Å². The number of hydrogen-bond donors (Lipinski definition) is 2. The number of ether oxygens (including phenoxy) is 3. The lowest BCUT2D eigenvalue weighted by atomic mass is 10.0. The number of amides is 1. The van der Waals surface area contributed by atoms with E-state index in [1.54, 1.807) is 6.07 Å². The summed E-state index contributed by atoms with van der Waals surface area (Å²) < 4.78 is 16.4. The molecule has 0 spiro atoms. The molecule has 1 heterocycles. The van der Waals surface area contributed by atoms with E-state index in [1.807, 2.05) is 79.7 Å². The van der Waals surface area contributed by atoms with Crippen molar-refractivity contribution in [2.45, 2.75) is 32.4 Å². The number of H-pyrrole nitrogens is 1. The highest BCUT2D eigenvalue weighted by atomic mass is 16.5. The molecule has 7 heteroatoms. The zero-order valence-corrected chi connectivity index (χ0v) is 20.5. The van der Waals surface area contributed by atoms with Crippen LogP contribution in [0, 0.1) is 0 Å². The quantitative estimate of drug-likeness (QED) is 0.271. The van der Waals surface area contributed by atoms with E-state index in [0.717, 1.165) is 34.2 Å². The summed E-state index contributed by atoms with van der Waals surface area (Å²) >= 11 is 0. The van der Waals surface area contributed by atoms with E-state index < -0.39 is 12.0 Å². The number of fused-ring (bicyclic) bond motifs is 1. The van der Waals surface area contributed by atoms with Crippen LogP contribution in [0.3, 0.4) is 0 Å². The molecule has 0 saturated heterocycles. The Labute approximate surface area is 210 Å². The van der Waals surface area contributed by atoms with Crippen LogP contribution in [0.15, 0.2) is 78.9 Å². The number of benzene rings is 3. The van der Waals surface area contributed by atoms with E-state index in [4.69, 9.17) is 14.2 Å². The molecule has 0 fully saturated rings. The van der Waals surface area contributed by atoms with Crippen LogP contribution >= 0.6 is 0 Å². The van der Waals surface area contributed by atoms with Crippen LogP contribution in [0.25, 0.3) is 10.9 Å². The number of carbonyl (C=O) groups is 2. The van der Waals surface area contributed by atoms with Crippen LogP contribution in [0.2, 0.25) is 0 Å². The second-order valence-corrected chi connectivity index (χ2v) is 8.43. The van der Waals surface area contributed by atoms with Crippen molar-refractivity contribution in [2.75, 3.05) is 13.7 Å². The van der Waals surface area contributed by atoms with E-state index in [9.17, 15) is 9.59 Å². The largest absolute Gasteiger partial charge is 0.494 e. The van der Waals surface area contributed by atoms with Crippen molar-refractivity contribution < 1.29 is 23.8 Å². The van der Waals surface area contributed by atoms with E-state index in [1.165, 1.54) is 7.11 Å². The van der Waals surface area contributed by atoms with E-state index in [2.05, 4.69) is 10.3 Å². The summed E-state index contributed by atoms with van der Waals surface area (Å²) in [5.74, 6) is 0.718. The molecular weight excluding hydrogens is 456 g/mol. The Morgan fingerprint density at radius 3 is 2.39 bits per heavy atom. The van der Waals surface area contributed by atoms with E-state index in [-0.39, 0.29) is 12.3 Å². The van der Waals surface area contributed by atoms with Crippen LogP contribution in [0.4, 0.5) is 0 Å². The van der Waals surface area contributed by atoms with Gasteiger partial charge in [0.25, 0.3) is 5.91 Å². The average molecular weight is 487 g/mol. The summed E-state index contributed by atoms with van der Waals surface area (Å²) in [4.78, 5) is 28.3. The van der Waals surface area contributed by atoms with Gasteiger partial charge in [0, 0.05) is 10.9 Å². The minimum Gasteiger partial charge on any atom is -0.494 e. The van der Waals surface area contributed by atoms with E-state index in [0.29, 0.717) is 24.7 Å². The first-order valence-electron chi connectivity index (χ1n) is 12.0. The van der Waals surface area contributed by atoms with Crippen molar-refractivity contribution in [1.29, 1.82) is 0 Å². The molecule has 186 valence electrons. The standard InChI is InChI=1S/C29H30N2O5/c1-3-15-35-24-13-14-25-22(16-24)17-27(30-25)29(33)31-26(18-28(32)34-2)21-9-11-23(12-10-21)36-19-20-7-5-4-6-8-20/h4-14,16-17,26,30H,3,15,18-19H2,1-2H3,(H,31,33). The fraction of sp³-hybridized carbons (Fsp3) is 0.241. The molecule has 0 radical (unpaired) electrons. The lowest BCUT2D eigenvalue weighted by Gasteiger charge is -2.18. The number of esters is 1. The second-order valence-electron chi connectivity index (χ2n) is 8.43. The van der Waals surface area contributed by atoms with Crippen LogP contribution in [-0.4, -0.2) is 30.6 Å². The van der Waals surface area contributed by atoms with Gasteiger partial charge in [0.15, 0.2) is 0 Å². The Kier molecular flexibility index (Phi) is 8.24. The van der Waals surface area contributed by atoms with Crippen LogP contribution < -0.4 is 14.8 Å². The number of rotatable bonds is 11. The molecule has 0 aliphatic rings. The van der Waals surface area contributed by atoms with Gasteiger partial charge in [0.1, 0.15) is 23.8 Å². The van der Waals surface area contributed by atoms with Gasteiger partial charge < -0.3 is 24.5 Å². The summed E-state index contributed by atoms with van der Waals surface area (Å²) in [6.07, 6.45) is 0.919. The molecular formula is C29H30N2O5. The maximum Gasteiger partial charge on any atom is 0.307 e. The SMILES string of the molecule is CCCOc1ccc2[nH]c(C(=O)NC(CC(=O)OC)c3ccc(OCc4ccccc4)cc3)cc2c1. The molecule has 0 aliphatic carbocycles. The monoisotopic (exact) mass is 486 g/mol. The minimum atomic E-state index is -0.567. The van der Waals surface area contributed by atoms with Crippen molar-refractivity contribution in [2.24, 2.45) is 0 Å². The summed E-state index contributed by atoms with van der Waals surface area (Å²) in [5.41, 5.74) is 3.07. The predicted octanol–water partition coefficient (Wildman–Crippen LogP) is 5.57. The molecule has 0 saturated carbocycles. The molecule has 1 amide bonds. The molecule has 3 aromatic carbocycles. The van der Waals surface area contributed by atoms with Crippen molar-refractivity contribution in [1.82, 2.24) is 10.3 Å². The van der Waals surface area contributed by atoms with Gasteiger partial charge in [-0.1, -0.05) is 49.4 Å². The lowest BCUT2D eigenvalue weighted by Crippen LogP contribution is -2.30. The van der Waals surface area contributed by atoms with Gasteiger partial charge in [-0.2, -0.15) is 0 Å². The van der Waals surface area contributed by atoms with Crippen molar-refractivity contribution >= 4 is 22.8 Å². The fourth-order valence-corrected chi connectivity index (χ4v) is 3.82. The van der Waals surface area contributed by atoms with Crippen LogP contribution in [0.1, 0.15) is 47.4 Å². The van der Waals surface area contributed by atoms with Gasteiger partial charge in [-0.25, -0.2) is 0 Å². The lowest BCUT2D eigenvalue weighted by molar-refractivity contribution is -0.141. The first-order chi connectivity index (χ1) is 17.6. The summed E-state index contributed by atoms with van der Waals surface area (Å²) in [6, 6.07) is 24.1. The van der Waals surface area contributed by atoms with Gasteiger partial charge in [-0.3, -0.25) is 9.59 Å². The average Bonchev–Trinajstić information content (AvgIpc) is 3.35. The van der Waals surface area contributed by atoms with Crippen molar-refractivity contribution in [3.8, 4) is 11.5 Å². The molecule has 1 aromatic heterocycles. The molecule has 2 N–H and O–H groups in total. The molecule has 0 bridgehead atoms. The first kappa shape index (κ1) is 24.9. The zero-order chi connectivity index (χ0) is 25.3. The molecule has 4 aromatic rings. The number of nitrogens with one attached hydrogen (secondary N) is 2. The number of aromatic nitrogens is 1. The Bertz CT molecular complexity index is 1300. The number of methoxy groups -OCH3 is 1. The van der Waals surface area contributed by atoms with E-state index >= 15 is 0 Å². The normalized spacial score (nSPS) is 11.6. The fourth-order valence-electron chi connectivity index (χ4n) is 3.82. The van der Waals surface area contributed by atoms with Crippen LogP contribution in [-0.2, 0) is 16.1 Å². The van der Waals surface area contributed by atoms with Gasteiger partial charge in [-0.15, -0.1) is 0 Å². The number of carbonyl (C=O) groups excluding carboxylic acids is 2. The smallest absolute Gasteiger partial charge is 0.307 e. The van der Waals surface area contributed by atoms with Gasteiger partial charge in [0.05, 0.1) is 26.2 Å². The molecule has 7 nitrogen and oxygen atoms in total. The molecule has 4 rings (SSSR count). The third-order valence-corrected chi connectivity index (χ3v) is 5.74. The maximum absolute atomic E-state index is 13.1. The zero-order valence-electron chi connectivity index (χ0n) is 20.5. The minimum absolute atomic E-state index is 0.00168. The highest BCUT2D eigenvalue weighted by molar-refractivity contribution is 5.98. The summed E-state index contributed by atoms with van der Waals surface area (Å²) in [7, 11) is 1.33. The predicted molar refractivity (Wildman–Crippen MR) is 138 cm³/mol. The Morgan fingerprint density at radius 2 is 1.67 bits per heavy atom. The van der Waals surface area contributed by atoms with Crippen molar-refractivity contribution in [3.63, 3.8) is 0 Å². The Balaban J connectivity index is 1.47. The van der Waals surface area contributed by atoms with Crippen molar-refractivity contribution in [3.05, 3.63) is 95.7 Å². The van der Waals surface area contributed by atoms with Gasteiger partial charge >= 0.3 is 5.97 Å². The third-order valence-electron chi connectivity index (χ3n) is 5.74. The third kappa shape index (κ3) is 6.44. The highest BCUT2D eigenvalue weighted by Crippen LogP contribution is 2.25. The maximum atomic E-state index is 13.1.